The molecule has 4 heterocycles. The largest absolute Gasteiger partial charge is 0.456 e. The molecule has 0 saturated carbocycles. The van der Waals surface area contributed by atoms with Crippen molar-refractivity contribution in [3.05, 3.63) is 139 Å². The van der Waals surface area contributed by atoms with E-state index < -0.39 is 23.8 Å². The summed E-state index contributed by atoms with van der Waals surface area (Å²) in [6, 6.07) is 29.6. The zero-order valence-electron chi connectivity index (χ0n) is 22.7. The third-order valence-electron chi connectivity index (χ3n) is 5.94. The number of halogens is 4. The molecule has 0 radical (unpaired) electrons. The van der Waals surface area contributed by atoms with Crippen LogP contribution in [-0.4, -0.2) is 34.9 Å². The van der Waals surface area contributed by atoms with Crippen LogP contribution in [0.25, 0.3) is 11.3 Å². The Bertz CT molecular complexity index is 1710. The van der Waals surface area contributed by atoms with Crippen molar-refractivity contribution in [1.29, 1.82) is 0 Å². The maximum absolute atomic E-state index is 14.0. The van der Waals surface area contributed by atoms with Crippen LogP contribution in [-0.2, 0) is 21.1 Å². The molecular formula is C31H22F4N7Pt-3. The normalized spacial score (nSPS) is 12.2. The number of para-hydroxylation sites is 1. The Labute approximate surface area is 260 Å². The number of amidine groups is 1. The molecule has 6 rings (SSSR count). The van der Waals surface area contributed by atoms with E-state index in [1.807, 2.05) is 84.6 Å². The maximum atomic E-state index is 14.0. The molecule has 0 saturated heterocycles. The molecule has 7 nitrogen and oxygen atoms in total. The van der Waals surface area contributed by atoms with Gasteiger partial charge in [-0.2, -0.15) is 11.2 Å². The minimum Gasteiger partial charge on any atom is -0.456 e. The second-order valence-electron chi connectivity index (χ2n) is 9.00. The molecule has 0 bridgehead atoms. The van der Waals surface area contributed by atoms with Gasteiger partial charge in [-0.05, 0) is 29.6 Å². The molecule has 5 aromatic rings. The topological polar surface area (TPSA) is 60.8 Å². The molecule has 0 aliphatic carbocycles. The Kier molecular flexibility index (Phi) is 10.2. The van der Waals surface area contributed by atoms with Crippen molar-refractivity contribution in [1.82, 2.24) is 15.0 Å². The SMILES string of the molecule is CN(C)c1ccnc(-c2[c-]cc(F)nc2F)c1.Fc1c[c-]c(N2[CH-]N(c3ccccc3)C(c3ccccc3)=N2)c(F)n1.[Pt]. The fraction of sp³-hybridized carbons (Fsp3) is 0.0645. The zero-order chi connectivity index (χ0) is 29.6. The number of hydrogen-bond acceptors (Lipinski definition) is 7. The molecule has 12 heteroatoms. The minimum atomic E-state index is -0.970. The molecule has 43 heavy (non-hydrogen) atoms. The number of aromatic nitrogens is 3. The van der Waals surface area contributed by atoms with Gasteiger partial charge in [0.05, 0.1) is 5.95 Å². The Morgan fingerprint density at radius 1 is 0.791 bits per heavy atom. The van der Waals surface area contributed by atoms with E-state index in [-0.39, 0.29) is 32.3 Å². The fourth-order valence-corrected chi connectivity index (χ4v) is 3.92. The Hall–Kier alpha value is -4.63. The molecular weight excluding hydrogens is 741 g/mol. The van der Waals surface area contributed by atoms with E-state index in [9.17, 15) is 17.6 Å². The van der Waals surface area contributed by atoms with Crippen molar-refractivity contribution in [2.24, 2.45) is 5.10 Å². The van der Waals surface area contributed by atoms with Crippen molar-refractivity contribution in [3.63, 3.8) is 0 Å². The van der Waals surface area contributed by atoms with Crippen LogP contribution in [0.2, 0.25) is 0 Å². The molecule has 0 amide bonds. The smallest absolute Gasteiger partial charge is 0.129 e. The maximum Gasteiger partial charge on any atom is 0.129 e. The molecule has 1 aliphatic heterocycles. The quantitative estimate of drug-likeness (QED) is 0.120. The monoisotopic (exact) mass is 763 g/mol. The van der Waals surface area contributed by atoms with Crippen LogP contribution in [0.15, 0.2) is 96.2 Å². The van der Waals surface area contributed by atoms with E-state index in [4.69, 9.17) is 0 Å². The number of benzene rings is 2. The Morgan fingerprint density at radius 3 is 2.05 bits per heavy atom. The molecule has 0 unspecified atom stereocenters. The van der Waals surface area contributed by atoms with Gasteiger partial charge in [0.25, 0.3) is 0 Å². The number of nitrogens with zero attached hydrogens (tertiary/aromatic N) is 7. The van der Waals surface area contributed by atoms with Crippen molar-refractivity contribution in [3.8, 4) is 11.3 Å². The van der Waals surface area contributed by atoms with E-state index in [0.717, 1.165) is 29.1 Å². The van der Waals surface area contributed by atoms with Crippen molar-refractivity contribution in [2.75, 3.05) is 28.9 Å². The van der Waals surface area contributed by atoms with Gasteiger partial charge in [0.2, 0.25) is 0 Å². The van der Waals surface area contributed by atoms with E-state index in [1.54, 1.807) is 25.0 Å². The number of hydrogen-bond donors (Lipinski definition) is 0. The van der Waals surface area contributed by atoms with E-state index in [1.165, 1.54) is 5.01 Å². The number of rotatable bonds is 5. The van der Waals surface area contributed by atoms with Gasteiger partial charge in [-0.3, -0.25) is 13.8 Å². The second-order valence-corrected chi connectivity index (χ2v) is 9.00. The van der Waals surface area contributed by atoms with Crippen molar-refractivity contribution in [2.45, 2.75) is 0 Å². The van der Waals surface area contributed by atoms with Gasteiger partial charge < -0.3 is 24.8 Å². The summed E-state index contributed by atoms with van der Waals surface area (Å²) in [6.07, 6.45) is 1.56. The van der Waals surface area contributed by atoms with Crippen LogP contribution in [0.1, 0.15) is 5.56 Å². The van der Waals surface area contributed by atoms with Gasteiger partial charge in [-0.25, -0.2) is 8.78 Å². The summed E-state index contributed by atoms with van der Waals surface area (Å²) in [5.41, 5.74) is 2.99. The Morgan fingerprint density at radius 2 is 1.42 bits per heavy atom. The summed E-state index contributed by atoms with van der Waals surface area (Å²) >= 11 is 0. The first-order chi connectivity index (χ1) is 20.3. The van der Waals surface area contributed by atoms with E-state index >= 15 is 0 Å². The van der Waals surface area contributed by atoms with Gasteiger partial charge in [0.1, 0.15) is 23.7 Å². The van der Waals surface area contributed by atoms with Gasteiger partial charge in [0, 0.05) is 58.3 Å². The first kappa shape index (κ1) is 31.3. The summed E-state index contributed by atoms with van der Waals surface area (Å²) in [6.45, 7) is 1.62. The standard InChI is InChI=1S/C19H12F2N4.C12H10F2N3.Pt/c20-17-12-11-16(18(21)22-17)25-13-24(15-9-5-2-6-10-15)19(23-25)14-7-3-1-4-8-14;1-17(2)8-5-6-15-10(7-8)9-3-4-11(13)16-12(9)14;/h1-10,12-13H;4-7H,1-2H3;/q-2;-1;. The number of hydrazone groups is 1. The fourth-order valence-electron chi connectivity index (χ4n) is 3.92. The first-order valence-electron chi connectivity index (χ1n) is 12.5. The van der Waals surface area contributed by atoms with Gasteiger partial charge >= 0.3 is 0 Å². The molecule has 0 atom stereocenters. The summed E-state index contributed by atoms with van der Waals surface area (Å²) in [5.74, 6) is -3.08. The first-order valence-corrected chi connectivity index (χ1v) is 12.5. The average Bonchev–Trinajstić information content (AvgIpc) is 3.44. The van der Waals surface area contributed by atoms with Crippen LogP contribution in [0, 0.1) is 42.6 Å². The molecule has 222 valence electrons. The van der Waals surface area contributed by atoms with Crippen LogP contribution in [0.4, 0.5) is 34.6 Å². The zero-order valence-corrected chi connectivity index (χ0v) is 25.0. The average molecular weight is 764 g/mol. The van der Waals surface area contributed by atoms with Crippen LogP contribution in [0.3, 0.4) is 0 Å². The Balaban J connectivity index is 0.000000207. The number of anilines is 3. The van der Waals surface area contributed by atoms with Crippen LogP contribution < -0.4 is 14.8 Å². The minimum absolute atomic E-state index is 0. The molecule has 0 fully saturated rings. The molecule has 0 N–H and O–H groups in total. The van der Waals surface area contributed by atoms with Crippen LogP contribution >= 0.6 is 0 Å². The third kappa shape index (κ3) is 7.42. The summed E-state index contributed by atoms with van der Waals surface area (Å²) in [4.78, 5) is 14.0. The molecule has 2 aromatic carbocycles. The van der Waals surface area contributed by atoms with E-state index in [0.29, 0.717) is 11.5 Å². The molecule has 0 spiro atoms. The molecule has 3 aromatic heterocycles. The van der Waals surface area contributed by atoms with Crippen molar-refractivity contribution >= 4 is 22.9 Å². The van der Waals surface area contributed by atoms with Crippen molar-refractivity contribution < 1.29 is 38.6 Å². The number of pyridine rings is 3. The summed E-state index contributed by atoms with van der Waals surface area (Å²) in [5, 5.41) is 5.77. The van der Waals surface area contributed by atoms with Crippen LogP contribution in [0.5, 0.6) is 0 Å². The second kappa shape index (κ2) is 14.0. The van der Waals surface area contributed by atoms with Gasteiger partial charge in [-0.1, -0.05) is 66.2 Å². The van der Waals surface area contributed by atoms with Gasteiger partial charge in [0.15, 0.2) is 0 Å². The predicted octanol–water partition coefficient (Wildman–Crippen LogP) is 6.25. The van der Waals surface area contributed by atoms with E-state index in [2.05, 4.69) is 32.2 Å². The molecule has 1 aliphatic rings. The summed E-state index contributed by atoms with van der Waals surface area (Å²) < 4.78 is 53.2. The van der Waals surface area contributed by atoms with Gasteiger partial charge in [-0.15, -0.1) is 18.8 Å². The third-order valence-corrected chi connectivity index (χ3v) is 5.94. The summed E-state index contributed by atoms with van der Waals surface area (Å²) in [7, 11) is 3.73. The predicted molar refractivity (Wildman–Crippen MR) is 152 cm³/mol.